The molecule has 1 N–H and O–H groups in total. The van der Waals surface area contributed by atoms with E-state index in [4.69, 9.17) is 0 Å². The Morgan fingerprint density at radius 1 is 1.40 bits per heavy atom. The summed E-state index contributed by atoms with van der Waals surface area (Å²) in [6.45, 7) is 5.33. The van der Waals surface area contributed by atoms with Crippen LogP contribution in [0.15, 0.2) is 29.3 Å². The van der Waals surface area contributed by atoms with Crippen LogP contribution in [0, 0.1) is 11.7 Å². The van der Waals surface area contributed by atoms with Crippen LogP contribution < -0.4 is 0 Å². The second kappa shape index (κ2) is 6.27. The van der Waals surface area contributed by atoms with Crippen LogP contribution in [0.2, 0.25) is 0 Å². The minimum absolute atomic E-state index is 0.0836. The summed E-state index contributed by atoms with van der Waals surface area (Å²) in [4.78, 5) is 17.7. The highest BCUT2D eigenvalue weighted by molar-refractivity contribution is 8.13. The van der Waals surface area contributed by atoms with Crippen molar-refractivity contribution in [1.29, 1.82) is 0 Å². The first-order valence-electron chi connectivity index (χ1n) is 8.30. The number of nitrogens with zero attached hydrogens (tertiary/aromatic N) is 2. The van der Waals surface area contributed by atoms with Crippen LogP contribution in [0.1, 0.15) is 39.2 Å². The van der Waals surface area contributed by atoms with E-state index in [0.717, 1.165) is 0 Å². The molecule has 1 aliphatic carbocycles. The average Bonchev–Trinajstić information content (AvgIpc) is 2.82. The van der Waals surface area contributed by atoms with E-state index < -0.39 is 29.2 Å². The standard InChI is InChI=1S/C18H22F2N2O2S/c1-17(2,3)22(16(23)24)15-21-18(13-6-4-5-7-14(13)20)9-12(19)8-11(18)10-25-15/h4-7,11-12H,8-10H2,1-3H3,(H,23,24). The molecule has 4 nitrogen and oxygen atoms in total. The molecule has 1 heterocycles. The van der Waals surface area contributed by atoms with E-state index in [-0.39, 0.29) is 12.3 Å². The Morgan fingerprint density at radius 3 is 2.68 bits per heavy atom. The van der Waals surface area contributed by atoms with Crippen molar-refractivity contribution in [2.45, 2.75) is 50.9 Å². The summed E-state index contributed by atoms with van der Waals surface area (Å²) in [5.74, 6) is -0.0500. The lowest BCUT2D eigenvalue weighted by Gasteiger charge is -2.41. The molecule has 0 aromatic heterocycles. The van der Waals surface area contributed by atoms with Crippen LogP contribution in [-0.4, -0.2) is 38.7 Å². The minimum atomic E-state index is -1.12. The highest BCUT2D eigenvalue weighted by Crippen LogP contribution is 2.53. The molecular weight excluding hydrogens is 346 g/mol. The van der Waals surface area contributed by atoms with Crippen molar-refractivity contribution in [2.75, 3.05) is 5.75 Å². The third kappa shape index (κ3) is 3.14. The van der Waals surface area contributed by atoms with Crippen LogP contribution in [0.4, 0.5) is 13.6 Å². The number of hydrogen-bond donors (Lipinski definition) is 1. The molecule has 1 fully saturated rings. The van der Waals surface area contributed by atoms with E-state index in [9.17, 15) is 18.7 Å². The van der Waals surface area contributed by atoms with Crippen LogP contribution in [0.5, 0.6) is 0 Å². The number of aliphatic imine (C=N–C) groups is 1. The zero-order chi connectivity index (χ0) is 18.4. The normalized spacial score (nSPS) is 29.1. The summed E-state index contributed by atoms with van der Waals surface area (Å²) >= 11 is 1.31. The van der Waals surface area contributed by atoms with Gasteiger partial charge in [-0.15, -0.1) is 0 Å². The quantitative estimate of drug-likeness (QED) is 0.785. The van der Waals surface area contributed by atoms with E-state index in [2.05, 4.69) is 4.99 Å². The van der Waals surface area contributed by atoms with Gasteiger partial charge in [0, 0.05) is 29.2 Å². The van der Waals surface area contributed by atoms with Gasteiger partial charge in [-0.05, 0) is 33.3 Å². The molecule has 1 amide bonds. The molecule has 0 spiro atoms. The fraction of sp³-hybridized carbons (Fsp3) is 0.556. The number of alkyl halides is 1. The van der Waals surface area contributed by atoms with Gasteiger partial charge in [-0.1, -0.05) is 30.0 Å². The minimum Gasteiger partial charge on any atom is -0.465 e. The predicted octanol–water partition coefficient (Wildman–Crippen LogP) is 4.65. The molecule has 0 radical (unpaired) electrons. The molecular formula is C18H22F2N2O2S. The maximum absolute atomic E-state index is 14.5. The zero-order valence-electron chi connectivity index (χ0n) is 14.5. The first-order chi connectivity index (χ1) is 11.6. The first kappa shape index (κ1) is 18.2. The lowest BCUT2D eigenvalue weighted by Crippen LogP contribution is -2.50. The third-order valence-corrected chi connectivity index (χ3v) is 5.95. The molecule has 3 atom stereocenters. The van der Waals surface area contributed by atoms with Crippen molar-refractivity contribution in [3.8, 4) is 0 Å². The molecule has 3 rings (SSSR count). The lowest BCUT2D eigenvalue weighted by atomic mass is 9.81. The SMILES string of the molecule is CC(C)(C)N(C(=O)O)C1=NC2(c3ccccc3F)CC(F)CC2CS1. The number of fused-ring (bicyclic) bond motifs is 1. The van der Waals surface area contributed by atoms with Crippen LogP contribution in [0.25, 0.3) is 0 Å². The Hall–Kier alpha value is -1.63. The number of hydrogen-bond acceptors (Lipinski definition) is 3. The number of halogens is 2. The molecule has 2 aliphatic rings. The Labute approximate surface area is 150 Å². The highest BCUT2D eigenvalue weighted by atomic mass is 32.2. The van der Waals surface area contributed by atoms with E-state index in [0.29, 0.717) is 22.9 Å². The van der Waals surface area contributed by atoms with Gasteiger partial charge in [0.25, 0.3) is 0 Å². The van der Waals surface area contributed by atoms with Gasteiger partial charge in [0.1, 0.15) is 12.0 Å². The van der Waals surface area contributed by atoms with E-state index in [1.165, 1.54) is 22.7 Å². The average molecular weight is 368 g/mol. The van der Waals surface area contributed by atoms with Gasteiger partial charge in [-0.2, -0.15) is 0 Å². The maximum atomic E-state index is 14.5. The second-order valence-corrected chi connectivity index (χ2v) is 8.62. The van der Waals surface area contributed by atoms with Gasteiger partial charge in [-0.25, -0.2) is 18.6 Å². The highest BCUT2D eigenvalue weighted by Gasteiger charge is 2.53. The fourth-order valence-electron chi connectivity index (χ4n) is 3.78. The molecule has 0 bridgehead atoms. The van der Waals surface area contributed by atoms with Crippen molar-refractivity contribution in [3.63, 3.8) is 0 Å². The largest absolute Gasteiger partial charge is 0.465 e. The molecule has 3 unspecified atom stereocenters. The molecule has 1 aliphatic heterocycles. The molecule has 1 aromatic rings. The number of thioether (sulfide) groups is 1. The first-order valence-corrected chi connectivity index (χ1v) is 9.28. The van der Waals surface area contributed by atoms with E-state index >= 15 is 0 Å². The van der Waals surface area contributed by atoms with Gasteiger partial charge in [0.15, 0.2) is 5.17 Å². The predicted molar refractivity (Wildman–Crippen MR) is 95.2 cm³/mol. The Kier molecular flexibility index (Phi) is 4.56. The molecule has 1 aromatic carbocycles. The summed E-state index contributed by atoms with van der Waals surface area (Å²) in [7, 11) is 0. The number of amidine groups is 1. The molecule has 7 heteroatoms. The van der Waals surface area contributed by atoms with Crippen LogP contribution >= 0.6 is 11.8 Å². The van der Waals surface area contributed by atoms with Crippen molar-refractivity contribution >= 4 is 23.0 Å². The number of benzene rings is 1. The second-order valence-electron chi connectivity index (χ2n) is 7.63. The summed E-state index contributed by atoms with van der Waals surface area (Å²) in [6, 6.07) is 6.29. The summed E-state index contributed by atoms with van der Waals surface area (Å²) in [5, 5.41) is 9.96. The Balaban J connectivity index is 2.15. The van der Waals surface area contributed by atoms with Crippen LogP contribution in [-0.2, 0) is 5.54 Å². The molecule has 1 saturated carbocycles. The van der Waals surface area contributed by atoms with Gasteiger partial charge in [0.2, 0.25) is 0 Å². The number of carboxylic acid groups (broad SMARTS) is 1. The molecule has 25 heavy (non-hydrogen) atoms. The topological polar surface area (TPSA) is 52.9 Å². The molecule has 0 saturated heterocycles. The lowest BCUT2D eigenvalue weighted by molar-refractivity contribution is 0.141. The van der Waals surface area contributed by atoms with Crippen LogP contribution in [0.3, 0.4) is 0 Å². The summed E-state index contributed by atoms with van der Waals surface area (Å²) < 4.78 is 28.8. The maximum Gasteiger partial charge on any atom is 0.413 e. The van der Waals surface area contributed by atoms with Gasteiger partial charge in [-0.3, -0.25) is 4.90 Å². The van der Waals surface area contributed by atoms with Gasteiger partial charge >= 0.3 is 6.09 Å². The van der Waals surface area contributed by atoms with E-state index in [1.807, 2.05) is 0 Å². The number of carbonyl (C=O) groups is 1. The fourth-order valence-corrected chi connectivity index (χ4v) is 5.26. The van der Waals surface area contributed by atoms with Gasteiger partial charge in [0.05, 0.1) is 5.54 Å². The van der Waals surface area contributed by atoms with E-state index in [1.54, 1.807) is 39.0 Å². The Morgan fingerprint density at radius 2 is 2.08 bits per heavy atom. The Bertz CT molecular complexity index is 719. The van der Waals surface area contributed by atoms with Crippen molar-refractivity contribution < 1.29 is 18.7 Å². The van der Waals surface area contributed by atoms with Gasteiger partial charge < -0.3 is 5.11 Å². The monoisotopic (exact) mass is 368 g/mol. The smallest absolute Gasteiger partial charge is 0.413 e. The van der Waals surface area contributed by atoms with Crippen molar-refractivity contribution in [3.05, 3.63) is 35.6 Å². The number of rotatable bonds is 1. The number of amides is 1. The molecule has 136 valence electrons. The van der Waals surface area contributed by atoms with Crippen molar-refractivity contribution in [1.82, 2.24) is 4.90 Å². The summed E-state index contributed by atoms with van der Waals surface area (Å²) in [5.41, 5.74) is -1.38. The third-order valence-electron chi connectivity index (χ3n) is 4.85. The van der Waals surface area contributed by atoms with Crippen molar-refractivity contribution in [2.24, 2.45) is 10.9 Å². The summed E-state index contributed by atoms with van der Waals surface area (Å²) in [6.07, 6.45) is -1.78. The zero-order valence-corrected chi connectivity index (χ0v) is 15.3.